The van der Waals surface area contributed by atoms with E-state index in [1.165, 1.54) is 36.2 Å². The molecule has 1 aromatic carbocycles. The van der Waals surface area contributed by atoms with Gasteiger partial charge in [-0.15, -0.1) is 11.3 Å². The predicted octanol–water partition coefficient (Wildman–Crippen LogP) is 3.77. The highest BCUT2D eigenvalue weighted by atomic mass is 32.1. The molecule has 2 unspecified atom stereocenters. The summed E-state index contributed by atoms with van der Waals surface area (Å²) >= 11 is 1.80. The Kier molecular flexibility index (Phi) is 6.82. The smallest absolute Gasteiger partial charge is 0.194 e. The van der Waals surface area contributed by atoms with Crippen molar-refractivity contribution in [3.05, 3.63) is 52.0 Å². The highest BCUT2D eigenvalue weighted by Gasteiger charge is 2.36. The van der Waals surface area contributed by atoms with Gasteiger partial charge in [0, 0.05) is 43.8 Å². The first kappa shape index (κ1) is 20.4. The molecule has 0 spiro atoms. The molecule has 2 saturated heterocycles. The molecule has 0 saturated carbocycles. The van der Waals surface area contributed by atoms with Crippen molar-refractivity contribution >= 4 is 17.3 Å². The Morgan fingerprint density at radius 2 is 2.10 bits per heavy atom. The topological polar surface area (TPSA) is 43.8 Å². The van der Waals surface area contributed by atoms with Crippen LogP contribution in [-0.4, -0.2) is 53.5 Å². The van der Waals surface area contributed by atoms with Crippen molar-refractivity contribution < 1.29 is 0 Å². The van der Waals surface area contributed by atoms with Crippen LogP contribution in [0, 0.1) is 5.92 Å². The van der Waals surface area contributed by atoms with Crippen LogP contribution in [0.4, 0.5) is 0 Å². The maximum Gasteiger partial charge on any atom is 0.194 e. The Balaban J connectivity index is 1.34. The van der Waals surface area contributed by atoms with Gasteiger partial charge < -0.3 is 10.2 Å². The maximum absolute atomic E-state index is 4.57. The molecule has 0 amide bonds. The molecular weight excluding hydrogens is 378 g/mol. The molecule has 2 aliphatic heterocycles. The molecule has 1 N–H and O–H groups in total. The summed E-state index contributed by atoms with van der Waals surface area (Å²) in [5.41, 5.74) is 1.43. The first-order chi connectivity index (χ1) is 14.3. The third kappa shape index (κ3) is 4.98. The number of benzene rings is 1. The Morgan fingerprint density at radius 1 is 1.24 bits per heavy atom. The second-order valence-electron chi connectivity index (χ2n) is 8.14. The zero-order valence-corrected chi connectivity index (χ0v) is 18.5. The van der Waals surface area contributed by atoms with Crippen molar-refractivity contribution in [3.63, 3.8) is 0 Å². The number of aliphatic imine (C=N–C) groups is 1. The molecule has 6 heteroatoms. The minimum atomic E-state index is 0.699. The molecule has 5 nitrogen and oxygen atoms in total. The number of aryl methyl sites for hydroxylation is 1. The Labute approximate surface area is 178 Å². The van der Waals surface area contributed by atoms with Crippen LogP contribution in [0.2, 0.25) is 0 Å². The van der Waals surface area contributed by atoms with Crippen LogP contribution >= 0.6 is 11.3 Å². The molecule has 2 aliphatic rings. The second kappa shape index (κ2) is 9.72. The molecule has 3 heterocycles. The number of guanidine groups is 1. The predicted molar refractivity (Wildman–Crippen MR) is 121 cm³/mol. The van der Waals surface area contributed by atoms with E-state index in [-0.39, 0.29) is 0 Å². The molecule has 1 aromatic heterocycles. The number of hydrogen-bond acceptors (Lipinski definition) is 4. The summed E-state index contributed by atoms with van der Waals surface area (Å²) in [6.07, 6.45) is 6.90. The van der Waals surface area contributed by atoms with Crippen molar-refractivity contribution in [1.29, 1.82) is 0 Å². The quantitative estimate of drug-likeness (QED) is 0.601. The minimum Gasteiger partial charge on any atom is -0.350 e. The van der Waals surface area contributed by atoms with E-state index in [2.05, 4.69) is 62.3 Å². The van der Waals surface area contributed by atoms with Gasteiger partial charge in [-0.3, -0.25) is 9.89 Å². The largest absolute Gasteiger partial charge is 0.350 e. The Bertz CT molecular complexity index is 803. The van der Waals surface area contributed by atoms with Gasteiger partial charge in [0.05, 0.1) is 6.54 Å². The molecule has 0 bridgehead atoms. The number of aromatic nitrogens is 1. The minimum absolute atomic E-state index is 0.699. The lowest BCUT2D eigenvalue weighted by Gasteiger charge is -2.48. The maximum atomic E-state index is 4.57. The van der Waals surface area contributed by atoms with Crippen molar-refractivity contribution in [1.82, 2.24) is 20.1 Å². The number of likely N-dealkylation sites (tertiary alicyclic amines) is 2. The number of hydrogen-bond donors (Lipinski definition) is 1. The average molecular weight is 412 g/mol. The van der Waals surface area contributed by atoms with E-state index in [9.17, 15) is 0 Å². The van der Waals surface area contributed by atoms with Gasteiger partial charge in [0.25, 0.3) is 0 Å². The standard InChI is InChI=1S/C23H33N5S/c1-3-20-14-25-22(29-20)15-26-23(24-2)28-13-11-21-19(17-28)10-7-12-27(21)16-18-8-5-4-6-9-18/h4-6,8-9,14,19,21H,3,7,10-13,15-17H2,1-2H3,(H,24,26). The third-order valence-electron chi connectivity index (χ3n) is 6.27. The molecular formula is C23H33N5S. The van der Waals surface area contributed by atoms with Crippen molar-refractivity contribution in [3.8, 4) is 0 Å². The van der Waals surface area contributed by atoms with Crippen LogP contribution < -0.4 is 5.32 Å². The monoisotopic (exact) mass is 411 g/mol. The van der Waals surface area contributed by atoms with Gasteiger partial charge in [-0.2, -0.15) is 0 Å². The molecule has 2 fully saturated rings. The van der Waals surface area contributed by atoms with Crippen LogP contribution in [-0.2, 0) is 19.5 Å². The first-order valence-corrected chi connectivity index (χ1v) is 11.8. The Hall–Kier alpha value is -1.92. The van der Waals surface area contributed by atoms with E-state index in [0.29, 0.717) is 6.04 Å². The van der Waals surface area contributed by atoms with Crippen molar-refractivity contribution in [2.45, 2.75) is 51.7 Å². The molecule has 2 aromatic rings. The lowest BCUT2D eigenvalue weighted by Crippen LogP contribution is -2.56. The molecule has 0 radical (unpaired) electrons. The first-order valence-electron chi connectivity index (χ1n) is 10.9. The number of thiazole rings is 1. The van der Waals surface area contributed by atoms with Crippen molar-refractivity contribution in [2.75, 3.05) is 26.7 Å². The van der Waals surface area contributed by atoms with Gasteiger partial charge in [0.15, 0.2) is 5.96 Å². The van der Waals surface area contributed by atoms with Crippen LogP contribution in [0.1, 0.15) is 41.6 Å². The highest BCUT2D eigenvalue weighted by Crippen LogP contribution is 2.31. The average Bonchev–Trinajstić information content (AvgIpc) is 3.23. The highest BCUT2D eigenvalue weighted by molar-refractivity contribution is 7.11. The van der Waals surface area contributed by atoms with E-state index >= 15 is 0 Å². The third-order valence-corrected chi connectivity index (χ3v) is 7.41. The van der Waals surface area contributed by atoms with E-state index in [1.54, 1.807) is 11.3 Å². The summed E-state index contributed by atoms with van der Waals surface area (Å²) in [6.45, 7) is 7.44. The van der Waals surface area contributed by atoms with Gasteiger partial charge >= 0.3 is 0 Å². The fourth-order valence-corrected chi connectivity index (χ4v) is 5.60. The van der Waals surface area contributed by atoms with Crippen LogP contribution in [0.25, 0.3) is 0 Å². The Morgan fingerprint density at radius 3 is 2.86 bits per heavy atom. The van der Waals surface area contributed by atoms with Gasteiger partial charge in [0.2, 0.25) is 0 Å². The summed E-state index contributed by atoms with van der Waals surface area (Å²) in [4.78, 5) is 15.6. The SMILES string of the molecule is CCc1cnc(CNC(=NC)N2CCC3C(CCCN3Cc3ccccc3)C2)s1. The van der Waals surface area contributed by atoms with E-state index in [4.69, 9.17) is 0 Å². The van der Waals surface area contributed by atoms with Gasteiger partial charge in [-0.05, 0) is 43.7 Å². The van der Waals surface area contributed by atoms with Crippen molar-refractivity contribution in [2.24, 2.45) is 10.9 Å². The van der Waals surface area contributed by atoms with Crippen LogP contribution in [0.15, 0.2) is 41.5 Å². The number of piperidine rings is 2. The summed E-state index contributed by atoms with van der Waals surface area (Å²) in [5.74, 6) is 1.75. The van der Waals surface area contributed by atoms with Gasteiger partial charge in [-0.1, -0.05) is 37.3 Å². The zero-order chi connectivity index (χ0) is 20.1. The molecule has 156 valence electrons. The number of nitrogens with zero attached hydrogens (tertiary/aromatic N) is 4. The van der Waals surface area contributed by atoms with Crippen LogP contribution in [0.5, 0.6) is 0 Å². The normalized spacial score (nSPS) is 23.1. The van der Waals surface area contributed by atoms with Crippen LogP contribution in [0.3, 0.4) is 0 Å². The summed E-state index contributed by atoms with van der Waals surface area (Å²) in [6, 6.07) is 11.6. The lowest BCUT2D eigenvalue weighted by atomic mass is 9.83. The molecule has 4 rings (SSSR count). The number of rotatable bonds is 5. The fraction of sp³-hybridized carbons (Fsp3) is 0.565. The summed E-state index contributed by atoms with van der Waals surface area (Å²) < 4.78 is 0. The summed E-state index contributed by atoms with van der Waals surface area (Å²) in [7, 11) is 1.90. The molecule has 0 aliphatic carbocycles. The van der Waals surface area contributed by atoms with Gasteiger partial charge in [-0.25, -0.2) is 4.98 Å². The fourth-order valence-electron chi connectivity index (χ4n) is 4.79. The van der Waals surface area contributed by atoms with E-state index in [0.717, 1.165) is 49.5 Å². The summed E-state index contributed by atoms with van der Waals surface area (Å²) in [5, 5.41) is 4.69. The molecule has 29 heavy (non-hydrogen) atoms. The van der Waals surface area contributed by atoms with Gasteiger partial charge in [0.1, 0.15) is 5.01 Å². The van der Waals surface area contributed by atoms with E-state index < -0.39 is 0 Å². The second-order valence-corrected chi connectivity index (χ2v) is 9.33. The number of fused-ring (bicyclic) bond motifs is 1. The zero-order valence-electron chi connectivity index (χ0n) is 17.7. The number of nitrogens with one attached hydrogen (secondary N) is 1. The lowest BCUT2D eigenvalue weighted by molar-refractivity contribution is 0.0372. The van der Waals surface area contributed by atoms with E-state index in [1.807, 2.05) is 13.2 Å². The molecule has 2 atom stereocenters.